The number of ether oxygens (including phenoxy) is 2. The molecule has 0 saturated carbocycles. The zero-order chi connectivity index (χ0) is 18.7. The van der Waals surface area contributed by atoms with Crippen LogP contribution in [0.5, 0.6) is 5.75 Å². The molecule has 2 heterocycles. The van der Waals surface area contributed by atoms with Gasteiger partial charge < -0.3 is 9.47 Å². The number of halogens is 3. The smallest absolute Gasteiger partial charge is 0.420 e. The molecule has 0 unspecified atom stereocenters. The average Bonchev–Trinajstić information content (AvgIpc) is 2.99. The summed E-state index contributed by atoms with van der Waals surface area (Å²) in [5, 5.41) is 0.794. The van der Waals surface area contributed by atoms with Gasteiger partial charge in [0.25, 0.3) is 0 Å². The van der Waals surface area contributed by atoms with Crippen molar-refractivity contribution in [2.24, 2.45) is 0 Å². The van der Waals surface area contributed by atoms with E-state index in [4.69, 9.17) is 44.3 Å². The molecule has 0 atom stereocenters. The van der Waals surface area contributed by atoms with E-state index in [1.165, 1.54) is 4.57 Å². The fraction of sp³-hybridized carbons (Fsp3) is 0.222. The monoisotopic (exact) mass is 412 g/mol. The van der Waals surface area contributed by atoms with Crippen molar-refractivity contribution in [2.45, 2.75) is 10.7 Å². The second-order valence-electron chi connectivity index (χ2n) is 5.41. The summed E-state index contributed by atoms with van der Waals surface area (Å²) in [7, 11) is 0. The maximum absolute atomic E-state index is 12.6. The van der Waals surface area contributed by atoms with Crippen LogP contribution in [-0.4, -0.2) is 32.7 Å². The van der Waals surface area contributed by atoms with Crippen molar-refractivity contribution in [3.05, 3.63) is 48.7 Å². The number of fused-ring (bicyclic) bond motifs is 1. The third kappa shape index (κ3) is 4.23. The molecule has 3 aromatic rings. The van der Waals surface area contributed by atoms with E-state index < -0.39 is 9.89 Å². The summed E-state index contributed by atoms with van der Waals surface area (Å²) in [6.45, 7) is 2.12. The molecule has 0 amide bonds. The van der Waals surface area contributed by atoms with Crippen LogP contribution in [0.3, 0.4) is 0 Å². The number of carbonyl (C=O) groups is 1. The first-order valence-corrected chi connectivity index (χ1v) is 8.96. The van der Waals surface area contributed by atoms with Gasteiger partial charge in [0.15, 0.2) is 0 Å². The normalized spacial score (nSPS) is 11.5. The molecule has 0 N–H and O–H groups in total. The lowest BCUT2D eigenvalue weighted by Crippen LogP contribution is -2.21. The molecule has 0 bridgehead atoms. The van der Waals surface area contributed by atoms with Gasteiger partial charge in [0.2, 0.25) is 3.79 Å². The zero-order valence-electron chi connectivity index (χ0n) is 13.8. The van der Waals surface area contributed by atoms with Crippen LogP contribution in [0.2, 0.25) is 0 Å². The second kappa shape index (κ2) is 7.74. The van der Waals surface area contributed by atoms with Crippen LogP contribution in [0, 0.1) is 0 Å². The molecule has 0 saturated heterocycles. The number of benzene rings is 1. The third-order valence-electron chi connectivity index (χ3n) is 3.56. The van der Waals surface area contributed by atoms with Crippen LogP contribution in [0.4, 0.5) is 4.79 Å². The van der Waals surface area contributed by atoms with Gasteiger partial charge in [-0.15, -0.1) is 0 Å². The number of aromatic nitrogens is 2. The van der Waals surface area contributed by atoms with Crippen LogP contribution in [0.1, 0.15) is 6.92 Å². The highest BCUT2D eigenvalue weighted by Gasteiger charge is 2.25. The van der Waals surface area contributed by atoms with Gasteiger partial charge in [0.1, 0.15) is 18.0 Å². The second-order valence-corrected chi connectivity index (χ2v) is 7.92. The standard InChI is InChI=1S/C18H15Cl3N2O3/c1-2-25-14-7-5-12(6-8-14)15-10-13-4-3-9-22-16(13)23(15)17(24)26-11-18(19,20)21/h3-10H,2,11H2,1H3. The molecular weight excluding hydrogens is 399 g/mol. The molecule has 0 radical (unpaired) electrons. The van der Waals surface area contributed by atoms with Crippen molar-refractivity contribution >= 4 is 51.9 Å². The minimum Gasteiger partial charge on any atom is -0.494 e. The molecule has 0 fully saturated rings. The predicted molar refractivity (Wildman–Crippen MR) is 103 cm³/mol. The topological polar surface area (TPSA) is 53.4 Å². The lowest BCUT2D eigenvalue weighted by Gasteiger charge is -2.14. The maximum Gasteiger partial charge on any atom is 0.420 e. The first-order valence-electron chi connectivity index (χ1n) is 7.82. The van der Waals surface area contributed by atoms with E-state index >= 15 is 0 Å². The summed E-state index contributed by atoms with van der Waals surface area (Å²) >= 11 is 17.0. The van der Waals surface area contributed by atoms with Crippen LogP contribution in [-0.2, 0) is 4.74 Å². The highest BCUT2D eigenvalue weighted by molar-refractivity contribution is 6.67. The number of nitrogens with zero attached hydrogens (tertiary/aromatic N) is 2. The van der Waals surface area contributed by atoms with Gasteiger partial charge in [-0.1, -0.05) is 34.8 Å². The SMILES string of the molecule is CCOc1ccc(-c2cc3cccnc3n2C(=O)OCC(Cl)(Cl)Cl)cc1. The van der Waals surface area contributed by atoms with Crippen molar-refractivity contribution < 1.29 is 14.3 Å². The van der Waals surface area contributed by atoms with Gasteiger partial charge in [-0.25, -0.2) is 14.3 Å². The number of carbonyl (C=O) groups excluding carboxylic acids is 1. The molecule has 0 spiro atoms. The maximum atomic E-state index is 12.6. The minimum absolute atomic E-state index is 0.369. The molecule has 1 aromatic carbocycles. The van der Waals surface area contributed by atoms with Gasteiger partial charge in [0, 0.05) is 11.6 Å². The molecule has 0 aliphatic rings. The van der Waals surface area contributed by atoms with Gasteiger partial charge >= 0.3 is 6.09 Å². The molecule has 2 aromatic heterocycles. The van der Waals surface area contributed by atoms with E-state index in [2.05, 4.69) is 4.98 Å². The Morgan fingerprint density at radius 1 is 1.19 bits per heavy atom. The van der Waals surface area contributed by atoms with Crippen molar-refractivity contribution in [3.8, 4) is 17.0 Å². The summed E-state index contributed by atoms with van der Waals surface area (Å²) in [5.41, 5.74) is 1.89. The van der Waals surface area contributed by atoms with Gasteiger partial charge in [0.05, 0.1) is 12.3 Å². The van der Waals surface area contributed by atoms with Crippen molar-refractivity contribution in [2.75, 3.05) is 13.2 Å². The number of hydrogen-bond donors (Lipinski definition) is 0. The van der Waals surface area contributed by atoms with Crippen molar-refractivity contribution in [3.63, 3.8) is 0 Å². The highest BCUT2D eigenvalue weighted by Crippen LogP contribution is 2.30. The molecule has 8 heteroatoms. The van der Waals surface area contributed by atoms with Crippen LogP contribution >= 0.6 is 34.8 Å². The average molecular weight is 414 g/mol. The molecule has 5 nitrogen and oxygen atoms in total. The first-order chi connectivity index (χ1) is 12.4. The lowest BCUT2D eigenvalue weighted by molar-refractivity contribution is 0.151. The van der Waals surface area contributed by atoms with E-state index in [0.29, 0.717) is 17.9 Å². The Morgan fingerprint density at radius 3 is 2.58 bits per heavy atom. The fourth-order valence-corrected chi connectivity index (χ4v) is 2.69. The molecule has 0 aliphatic heterocycles. The Morgan fingerprint density at radius 2 is 1.92 bits per heavy atom. The largest absolute Gasteiger partial charge is 0.494 e. The third-order valence-corrected chi connectivity index (χ3v) is 3.89. The summed E-state index contributed by atoms with van der Waals surface area (Å²) < 4.78 is 10.3. The Bertz CT molecular complexity index is 918. The van der Waals surface area contributed by atoms with E-state index in [1.54, 1.807) is 12.3 Å². The van der Waals surface area contributed by atoms with Gasteiger partial charge in [-0.05, 0) is 55.0 Å². The summed E-state index contributed by atoms with van der Waals surface area (Å²) in [6.07, 6.45) is 0.928. The van der Waals surface area contributed by atoms with Crippen LogP contribution in [0.15, 0.2) is 48.7 Å². The van der Waals surface area contributed by atoms with Gasteiger partial charge in [-0.2, -0.15) is 0 Å². The quantitative estimate of drug-likeness (QED) is 0.533. The Labute approximate surface area is 165 Å². The van der Waals surface area contributed by atoms with Crippen molar-refractivity contribution in [1.82, 2.24) is 9.55 Å². The number of rotatable bonds is 4. The summed E-state index contributed by atoms with van der Waals surface area (Å²) in [6, 6.07) is 12.9. The first kappa shape index (κ1) is 18.8. The molecule has 26 heavy (non-hydrogen) atoms. The number of hydrogen-bond acceptors (Lipinski definition) is 4. The zero-order valence-corrected chi connectivity index (χ0v) is 16.1. The van der Waals surface area contributed by atoms with Crippen LogP contribution in [0.25, 0.3) is 22.3 Å². The lowest BCUT2D eigenvalue weighted by atomic mass is 10.1. The summed E-state index contributed by atoms with van der Waals surface area (Å²) in [5.74, 6) is 0.746. The van der Waals surface area contributed by atoms with Crippen molar-refractivity contribution in [1.29, 1.82) is 0 Å². The van der Waals surface area contributed by atoms with Gasteiger partial charge in [-0.3, -0.25) is 0 Å². The molecule has 136 valence electrons. The van der Waals surface area contributed by atoms with E-state index in [9.17, 15) is 4.79 Å². The molecule has 0 aliphatic carbocycles. The van der Waals surface area contributed by atoms with E-state index in [0.717, 1.165) is 16.7 Å². The highest BCUT2D eigenvalue weighted by atomic mass is 35.6. The number of pyridine rings is 1. The predicted octanol–water partition coefficient (Wildman–Crippen LogP) is 5.46. The molecule has 3 rings (SSSR count). The molecular formula is C18H15Cl3N2O3. The number of alkyl halides is 3. The van der Waals surface area contributed by atoms with E-state index in [-0.39, 0.29) is 6.61 Å². The van der Waals surface area contributed by atoms with E-state index in [1.807, 2.05) is 43.3 Å². The fourth-order valence-electron chi connectivity index (χ4n) is 2.53. The Kier molecular flexibility index (Phi) is 5.61. The minimum atomic E-state index is -1.69. The Balaban J connectivity index is 2.03. The summed E-state index contributed by atoms with van der Waals surface area (Å²) in [4.78, 5) is 16.9. The Hall–Kier alpha value is -1.95. The van der Waals surface area contributed by atoms with Crippen LogP contribution < -0.4 is 4.74 Å².